The Hall–Kier alpha value is -1.80. The molecule has 1 aliphatic heterocycles. The van der Waals surface area contributed by atoms with Crippen molar-refractivity contribution in [1.82, 2.24) is 4.90 Å². The molecule has 0 fully saturated rings. The predicted molar refractivity (Wildman–Crippen MR) is 89.5 cm³/mol. The highest BCUT2D eigenvalue weighted by Crippen LogP contribution is 2.27. The molecule has 0 amide bonds. The van der Waals surface area contributed by atoms with Gasteiger partial charge in [-0.3, -0.25) is 4.90 Å². The van der Waals surface area contributed by atoms with Gasteiger partial charge in [-0.05, 0) is 36.1 Å². The first-order valence-electron chi connectivity index (χ1n) is 7.97. The largest absolute Gasteiger partial charge is 0.384 e. The number of hydrogen-bond donors (Lipinski definition) is 1. The number of anilines is 1. The summed E-state index contributed by atoms with van der Waals surface area (Å²) < 4.78 is 0. The Morgan fingerprint density at radius 2 is 1.86 bits per heavy atom. The van der Waals surface area contributed by atoms with Crippen molar-refractivity contribution in [3.05, 3.63) is 65.2 Å². The fourth-order valence-electron chi connectivity index (χ4n) is 3.16. The Balaban J connectivity index is 1.75. The number of para-hydroxylation sites is 1. The van der Waals surface area contributed by atoms with Crippen LogP contribution in [-0.2, 0) is 19.5 Å². The van der Waals surface area contributed by atoms with Gasteiger partial charge in [-0.1, -0.05) is 55.5 Å². The number of rotatable bonds is 6. The Kier molecular flexibility index (Phi) is 4.56. The molecule has 0 saturated carbocycles. The summed E-state index contributed by atoms with van der Waals surface area (Å²) in [6, 6.07) is 17.5. The number of hydrogen-bond acceptors (Lipinski definition) is 2. The first kappa shape index (κ1) is 14.2. The molecule has 1 N–H and O–H groups in total. The maximum Gasteiger partial charge on any atom is 0.0419 e. The van der Waals surface area contributed by atoms with Gasteiger partial charge in [0.25, 0.3) is 0 Å². The lowest BCUT2D eigenvalue weighted by atomic mass is 10.1. The van der Waals surface area contributed by atoms with Gasteiger partial charge in [-0.2, -0.15) is 0 Å². The van der Waals surface area contributed by atoms with Crippen LogP contribution in [-0.4, -0.2) is 18.0 Å². The van der Waals surface area contributed by atoms with Crippen molar-refractivity contribution in [2.24, 2.45) is 0 Å². The SMILES string of the molecule is CCCN(Cc1ccccc1)Cc1cccc2c1NCC2. The fraction of sp³-hybridized carbons (Fsp3) is 0.368. The second kappa shape index (κ2) is 6.77. The van der Waals surface area contributed by atoms with Crippen LogP contribution in [0.2, 0.25) is 0 Å². The van der Waals surface area contributed by atoms with Gasteiger partial charge in [0.05, 0.1) is 0 Å². The van der Waals surface area contributed by atoms with Crippen LogP contribution in [0.1, 0.15) is 30.0 Å². The molecular weight excluding hydrogens is 256 g/mol. The molecule has 0 atom stereocenters. The zero-order chi connectivity index (χ0) is 14.5. The quantitative estimate of drug-likeness (QED) is 0.858. The van der Waals surface area contributed by atoms with Crippen LogP contribution in [0.3, 0.4) is 0 Å². The first-order chi connectivity index (χ1) is 10.4. The molecule has 0 radical (unpaired) electrons. The maximum absolute atomic E-state index is 3.55. The maximum atomic E-state index is 3.55. The molecule has 0 spiro atoms. The van der Waals surface area contributed by atoms with Crippen LogP contribution in [0.15, 0.2) is 48.5 Å². The normalized spacial score (nSPS) is 13.2. The summed E-state index contributed by atoms with van der Waals surface area (Å²) in [5, 5.41) is 3.55. The van der Waals surface area contributed by atoms with E-state index >= 15 is 0 Å². The summed E-state index contributed by atoms with van der Waals surface area (Å²) in [6.45, 7) is 6.53. The van der Waals surface area contributed by atoms with E-state index < -0.39 is 0 Å². The Bertz CT molecular complexity index is 577. The molecule has 0 aromatic heterocycles. The summed E-state index contributed by atoms with van der Waals surface area (Å²) in [5.74, 6) is 0. The van der Waals surface area contributed by atoms with E-state index in [0.29, 0.717) is 0 Å². The predicted octanol–water partition coefficient (Wildman–Crippen LogP) is 4.07. The molecule has 0 aliphatic carbocycles. The lowest BCUT2D eigenvalue weighted by Gasteiger charge is -2.23. The first-order valence-corrected chi connectivity index (χ1v) is 7.97. The van der Waals surface area contributed by atoms with Gasteiger partial charge in [0.2, 0.25) is 0 Å². The van der Waals surface area contributed by atoms with Crippen molar-refractivity contribution in [3.8, 4) is 0 Å². The molecule has 21 heavy (non-hydrogen) atoms. The third-order valence-electron chi connectivity index (χ3n) is 4.12. The molecule has 2 nitrogen and oxygen atoms in total. The highest BCUT2D eigenvalue weighted by Gasteiger charge is 2.15. The Labute approximate surface area is 127 Å². The van der Waals surface area contributed by atoms with E-state index in [1.165, 1.54) is 28.8 Å². The fourth-order valence-corrected chi connectivity index (χ4v) is 3.16. The van der Waals surface area contributed by atoms with Crippen LogP contribution in [0, 0.1) is 0 Å². The minimum Gasteiger partial charge on any atom is -0.384 e. The lowest BCUT2D eigenvalue weighted by molar-refractivity contribution is 0.257. The average molecular weight is 280 g/mol. The summed E-state index contributed by atoms with van der Waals surface area (Å²) in [6.07, 6.45) is 2.35. The molecule has 3 rings (SSSR count). The number of benzene rings is 2. The molecule has 0 saturated heterocycles. The molecule has 1 aliphatic rings. The molecule has 0 bridgehead atoms. The summed E-state index contributed by atoms with van der Waals surface area (Å²) >= 11 is 0. The van der Waals surface area contributed by atoms with Crippen LogP contribution in [0.4, 0.5) is 5.69 Å². The highest BCUT2D eigenvalue weighted by atomic mass is 15.1. The second-order valence-corrected chi connectivity index (χ2v) is 5.82. The zero-order valence-electron chi connectivity index (χ0n) is 12.8. The van der Waals surface area contributed by atoms with E-state index in [9.17, 15) is 0 Å². The van der Waals surface area contributed by atoms with Crippen molar-refractivity contribution in [2.45, 2.75) is 32.9 Å². The number of nitrogens with one attached hydrogen (secondary N) is 1. The van der Waals surface area contributed by atoms with Gasteiger partial charge in [0, 0.05) is 25.3 Å². The van der Waals surface area contributed by atoms with Crippen LogP contribution in [0.25, 0.3) is 0 Å². The topological polar surface area (TPSA) is 15.3 Å². The smallest absolute Gasteiger partial charge is 0.0419 e. The Morgan fingerprint density at radius 3 is 2.67 bits per heavy atom. The van der Waals surface area contributed by atoms with Gasteiger partial charge >= 0.3 is 0 Å². The van der Waals surface area contributed by atoms with Crippen LogP contribution >= 0.6 is 0 Å². The molecule has 2 heteroatoms. The van der Waals surface area contributed by atoms with Gasteiger partial charge in [-0.15, -0.1) is 0 Å². The molecule has 2 aromatic rings. The lowest BCUT2D eigenvalue weighted by Crippen LogP contribution is -2.24. The standard InChI is InChI=1S/C19H24N2/c1-2-13-21(14-16-7-4-3-5-8-16)15-18-10-6-9-17-11-12-20-19(17)18/h3-10,20H,2,11-15H2,1H3. The van der Waals surface area contributed by atoms with Gasteiger partial charge in [0.15, 0.2) is 0 Å². The average Bonchev–Trinajstić information content (AvgIpc) is 2.98. The summed E-state index contributed by atoms with van der Waals surface area (Å²) in [4.78, 5) is 2.55. The Morgan fingerprint density at radius 1 is 1.00 bits per heavy atom. The van der Waals surface area contributed by atoms with Crippen molar-refractivity contribution in [1.29, 1.82) is 0 Å². The summed E-state index contributed by atoms with van der Waals surface area (Å²) in [7, 11) is 0. The van der Waals surface area contributed by atoms with Gasteiger partial charge in [0.1, 0.15) is 0 Å². The molecule has 0 unspecified atom stereocenters. The van der Waals surface area contributed by atoms with E-state index in [1.807, 2.05) is 0 Å². The van der Waals surface area contributed by atoms with E-state index in [0.717, 1.165) is 32.6 Å². The van der Waals surface area contributed by atoms with E-state index in [2.05, 4.69) is 65.7 Å². The third kappa shape index (κ3) is 3.45. The minimum atomic E-state index is 1.03. The van der Waals surface area contributed by atoms with Crippen LogP contribution in [0.5, 0.6) is 0 Å². The monoisotopic (exact) mass is 280 g/mol. The van der Waals surface area contributed by atoms with Crippen LogP contribution < -0.4 is 5.32 Å². The van der Waals surface area contributed by atoms with Gasteiger partial charge < -0.3 is 5.32 Å². The second-order valence-electron chi connectivity index (χ2n) is 5.82. The van der Waals surface area contributed by atoms with Crippen molar-refractivity contribution >= 4 is 5.69 Å². The highest BCUT2D eigenvalue weighted by molar-refractivity contribution is 5.61. The van der Waals surface area contributed by atoms with Crippen molar-refractivity contribution in [3.63, 3.8) is 0 Å². The molecule has 110 valence electrons. The van der Waals surface area contributed by atoms with E-state index in [1.54, 1.807) is 0 Å². The van der Waals surface area contributed by atoms with Gasteiger partial charge in [-0.25, -0.2) is 0 Å². The third-order valence-corrected chi connectivity index (χ3v) is 4.12. The number of fused-ring (bicyclic) bond motifs is 1. The van der Waals surface area contributed by atoms with Crippen molar-refractivity contribution < 1.29 is 0 Å². The minimum absolute atomic E-state index is 1.03. The molecule has 1 heterocycles. The zero-order valence-corrected chi connectivity index (χ0v) is 12.8. The summed E-state index contributed by atoms with van der Waals surface area (Å²) in [5.41, 5.74) is 5.69. The molecular formula is C19H24N2. The van der Waals surface area contributed by atoms with Crippen molar-refractivity contribution in [2.75, 3.05) is 18.4 Å². The van der Waals surface area contributed by atoms with E-state index in [-0.39, 0.29) is 0 Å². The van der Waals surface area contributed by atoms with E-state index in [4.69, 9.17) is 0 Å². The number of nitrogens with zero attached hydrogens (tertiary/aromatic N) is 1. The molecule has 2 aromatic carbocycles.